The molecule has 3 unspecified atom stereocenters. The van der Waals surface area contributed by atoms with E-state index in [1.165, 1.54) is 17.9 Å². The van der Waals surface area contributed by atoms with Gasteiger partial charge in [0.1, 0.15) is 0 Å². The Morgan fingerprint density at radius 2 is 2.29 bits per heavy atom. The van der Waals surface area contributed by atoms with Gasteiger partial charge in [-0.05, 0) is 43.6 Å². The molecule has 17 heavy (non-hydrogen) atoms. The first-order valence-corrected chi connectivity index (χ1v) is 7.92. The number of hydrogen-bond acceptors (Lipinski definition) is 3. The van der Waals surface area contributed by atoms with Crippen molar-refractivity contribution < 1.29 is 4.79 Å². The van der Waals surface area contributed by atoms with Crippen LogP contribution in [-0.2, 0) is 4.79 Å². The Morgan fingerprint density at radius 3 is 2.82 bits per heavy atom. The standard InChI is InChI=1S/C13H24N2OS/c1-4-11-14-13(3,5-2)12(16)15(11)8-10-6-7-17-9-10/h10-11,14H,4-9H2,1-3H3. The predicted octanol–water partition coefficient (Wildman–Crippen LogP) is 2.08. The van der Waals surface area contributed by atoms with Crippen LogP contribution in [0, 0.1) is 5.92 Å². The third kappa shape index (κ3) is 2.48. The first kappa shape index (κ1) is 13.2. The number of rotatable bonds is 4. The number of hydrogen-bond donors (Lipinski definition) is 1. The second-order valence-electron chi connectivity index (χ2n) is 5.44. The van der Waals surface area contributed by atoms with Crippen molar-refractivity contribution in [3.63, 3.8) is 0 Å². The van der Waals surface area contributed by atoms with E-state index in [1.807, 2.05) is 18.7 Å². The van der Waals surface area contributed by atoms with Crippen LogP contribution in [-0.4, -0.2) is 40.6 Å². The Morgan fingerprint density at radius 1 is 1.53 bits per heavy atom. The molecule has 2 heterocycles. The van der Waals surface area contributed by atoms with Crippen molar-refractivity contribution in [2.24, 2.45) is 5.92 Å². The maximum atomic E-state index is 12.5. The van der Waals surface area contributed by atoms with Crippen molar-refractivity contribution in [3.8, 4) is 0 Å². The molecule has 0 aromatic heterocycles. The van der Waals surface area contributed by atoms with E-state index in [9.17, 15) is 4.79 Å². The Kier molecular flexibility index (Phi) is 4.03. The molecule has 3 atom stereocenters. The van der Waals surface area contributed by atoms with Crippen molar-refractivity contribution in [2.45, 2.75) is 51.7 Å². The van der Waals surface area contributed by atoms with Gasteiger partial charge in [0, 0.05) is 6.54 Å². The minimum absolute atomic E-state index is 0.248. The zero-order valence-corrected chi connectivity index (χ0v) is 12.0. The number of carbonyl (C=O) groups is 1. The smallest absolute Gasteiger partial charge is 0.243 e. The molecule has 2 aliphatic heterocycles. The molecule has 0 bridgehead atoms. The average molecular weight is 256 g/mol. The fourth-order valence-electron chi connectivity index (χ4n) is 2.76. The summed E-state index contributed by atoms with van der Waals surface area (Å²) < 4.78 is 0. The van der Waals surface area contributed by atoms with Crippen LogP contribution in [0.3, 0.4) is 0 Å². The average Bonchev–Trinajstić information content (AvgIpc) is 2.92. The third-order valence-corrected chi connectivity index (χ3v) is 5.40. The van der Waals surface area contributed by atoms with Gasteiger partial charge in [-0.1, -0.05) is 13.8 Å². The van der Waals surface area contributed by atoms with Gasteiger partial charge in [0.15, 0.2) is 0 Å². The molecule has 1 amide bonds. The first-order chi connectivity index (χ1) is 8.10. The molecule has 98 valence electrons. The van der Waals surface area contributed by atoms with Crippen LogP contribution in [0.2, 0.25) is 0 Å². The topological polar surface area (TPSA) is 32.3 Å². The van der Waals surface area contributed by atoms with Gasteiger partial charge in [-0.15, -0.1) is 0 Å². The molecule has 0 aliphatic carbocycles. The Bertz CT molecular complexity index is 291. The summed E-state index contributed by atoms with van der Waals surface area (Å²) in [7, 11) is 0. The van der Waals surface area contributed by atoms with E-state index in [2.05, 4.69) is 24.1 Å². The van der Waals surface area contributed by atoms with Crippen molar-refractivity contribution in [3.05, 3.63) is 0 Å². The lowest BCUT2D eigenvalue weighted by Crippen LogP contribution is -2.43. The van der Waals surface area contributed by atoms with Gasteiger partial charge in [0.2, 0.25) is 5.91 Å². The molecule has 0 spiro atoms. The Labute approximate surface area is 109 Å². The molecule has 2 saturated heterocycles. The molecule has 2 fully saturated rings. The lowest BCUT2D eigenvalue weighted by molar-refractivity contribution is -0.133. The quantitative estimate of drug-likeness (QED) is 0.836. The Hall–Kier alpha value is -0.220. The number of nitrogens with zero attached hydrogens (tertiary/aromatic N) is 1. The van der Waals surface area contributed by atoms with Crippen molar-refractivity contribution >= 4 is 17.7 Å². The van der Waals surface area contributed by atoms with E-state index >= 15 is 0 Å². The minimum Gasteiger partial charge on any atom is -0.325 e. The summed E-state index contributed by atoms with van der Waals surface area (Å²) in [5, 5.41) is 3.51. The normalized spacial score (nSPS) is 38.1. The lowest BCUT2D eigenvalue weighted by atomic mass is 9.99. The highest BCUT2D eigenvalue weighted by atomic mass is 32.2. The van der Waals surface area contributed by atoms with Gasteiger partial charge in [-0.25, -0.2) is 0 Å². The van der Waals surface area contributed by atoms with Crippen molar-refractivity contribution in [1.82, 2.24) is 10.2 Å². The molecule has 0 aromatic carbocycles. The van der Waals surface area contributed by atoms with Gasteiger partial charge in [-0.2, -0.15) is 11.8 Å². The van der Waals surface area contributed by atoms with Crippen LogP contribution in [0.4, 0.5) is 0 Å². The van der Waals surface area contributed by atoms with E-state index in [0.717, 1.165) is 19.4 Å². The Balaban J connectivity index is 2.05. The van der Waals surface area contributed by atoms with Gasteiger partial charge in [-0.3, -0.25) is 10.1 Å². The predicted molar refractivity (Wildman–Crippen MR) is 73.1 cm³/mol. The molecule has 2 aliphatic rings. The maximum Gasteiger partial charge on any atom is 0.243 e. The zero-order chi connectivity index (χ0) is 12.5. The SMILES string of the molecule is CCC1NC(C)(CC)C(=O)N1CC1CCSC1. The largest absolute Gasteiger partial charge is 0.325 e. The van der Waals surface area contributed by atoms with Gasteiger partial charge < -0.3 is 4.90 Å². The van der Waals surface area contributed by atoms with Crippen LogP contribution in [0.15, 0.2) is 0 Å². The van der Waals surface area contributed by atoms with E-state index in [1.54, 1.807) is 0 Å². The highest BCUT2D eigenvalue weighted by molar-refractivity contribution is 7.99. The fraction of sp³-hybridized carbons (Fsp3) is 0.923. The summed E-state index contributed by atoms with van der Waals surface area (Å²) in [5.41, 5.74) is -0.327. The van der Waals surface area contributed by atoms with E-state index < -0.39 is 0 Å². The van der Waals surface area contributed by atoms with E-state index in [0.29, 0.717) is 11.8 Å². The molecule has 0 aromatic rings. The third-order valence-electron chi connectivity index (χ3n) is 4.17. The fourth-order valence-corrected chi connectivity index (χ4v) is 4.03. The summed E-state index contributed by atoms with van der Waals surface area (Å²) in [6.45, 7) is 7.24. The van der Waals surface area contributed by atoms with Crippen LogP contribution in [0.1, 0.15) is 40.0 Å². The van der Waals surface area contributed by atoms with E-state index in [4.69, 9.17) is 0 Å². The summed E-state index contributed by atoms with van der Waals surface area (Å²) in [5.74, 6) is 3.51. The summed E-state index contributed by atoms with van der Waals surface area (Å²) in [6, 6.07) is 0. The number of nitrogens with one attached hydrogen (secondary N) is 1. The lowest BCUT2D eigenvalue weighted by Gasteiger charge is -2.26. The number of amides is 1. The molecule has 1 N–H and O–H groups in total. The maximum absolute atomic E-state index is 12.5. The summed E-state index contributed by atoms with van der Waals surface area (Å²) in [4.78, 5) is 14.6. The van der Waals surface area contributed by atoms with Crippen LogP contribution >= 0.6 is 11.8 Å². The van der Waals surface area contributed by atoms with Gasteiger partial charge >= 0.3 is 0 Å². The second kappa shape index (κ2) is 5.19. The van der Waals surface area contributed by atoms with Crippen molar-refractivity contribution in [1.29, 1.82) is 0 Å². The molecule has 4 heteroatoms. The van der Waals surface area contributed by atoms with Crippen LogP contribution < -0.4 is 5.32 Å². The van der Waals surface area contributed by atoms with Crippen LogP contribution in [0.5, 0.6) is 0 Å². The zero-order valence-electron chi connectivity index (χ0n) is 11.2. The molecule has 0 saturated carbocycles. The van der Waals surface area contributed by atoms with Crippen molar-refractivity contribution in [2.75, 3.05) is 18.1 Å². The van der Waals surface area contributed by atoms with Gasteiger partial charge in [0.05, 0.1) is 11.7 Å². The highest BCUT2D eigenvalue weighted by Crippen LogP contribution is 2.30. The highest BCUT2D eigenvalue weighted by Gasteiger charge is 2.46. The van der Waals surface area contributed by atoms with E-state index in [-0.39, 0.29) is 11.7 Å². The van der Waals surface area contributed by atoms with Gasteiger partial charge in [0.25, 0.3) is 0 Å². The summed E-state index contributed by atoms with van der Waals surface area (Å²) >= 11 is 2.02. The molecular formula is C13H24N2OS. The van der Waals surface area contributed by atoms with Crippen LogP contribution in [0.25, 0.3) is 0 Å². The monoisotopic (exact) mass is 256 g/mol. The molecule has 2 rings (SSSR count). The molecular weight excluding hydrogens is 232 g/mol. The minimum atomic E-state index is -0.327. The molecule has 0 radical (unpaired) electrons. The summed E-state index contributed by atoms with van der Waals surface area (Å²) in [6.07, 6.45) is 3.39. The number of thioether (sulfide) groups is 1. The first-order valence-electron chi connectivity index (χ1n) is 6.77. The number of carbonyl (C=O) groups excluding carboxylic acids is 1. The second-order valence-corrected chi connectivity index (χ2v) is 6.59. The molecule has 3 nitrogen and oxygen atoms in total.